The predicted octanol–water partition coefficient (Wildman–Crippen LogP) is 2.82. The van der Waals surface area contributed by atoms with Crippen molar-refractivity contribution in [3.8, 4) is 5.75 Å². The number of amides is 1. The molecule has 0 saturated carbocycles. The lowest BCUT2D eigenvalue weighted by atomic mass is 10.2. The van der Waals surface area contributed by atoms with E-state index < -0.39 is 6.09 Å². The summed E-state index contributed by atoms with van der Waals surface area (Å²) in [6.45, 7) is 11.2. The van der Waals surface area contributed by atoms with Gasteiger partial charge in [0.1, 0.15) is 5.75 Å². The van der Waals surface area contributed by atoms with E-state index in [9.17, 15) is 4.79 Å². The van der Waals surface area contributed by atoms with Crippen LogP contribution in [0.3, 0.4) is 0 Å². The van der Waals surface area contributed by atoms with Crippen LogP contribution in [-0.4, -0.2) is 55.5 Å². The highest BCUT2D eigenvalue weighted by Crippen LogP contribution is 2.18. The number of ether oxygens (including phenoxy) is 2. The Labute approximate surface area is 138 Å². The zero-order valence-corrected chi connectivity index (χ0v) is 14.2. The molecule has 0 spiro atoms. The minimum absolute atomic E-state index is 0.362. The molecule has 1 saturated heterocycles. The normalized spacial score (nSPS) is 16.5. The third-order valence-electron chi connectivity index (χ3n) is 3.93. The Kier molecular flexibility index (Phi) is 6.67. The first-order valence-corrected chi connectivity index (χ1v) is 8.32. The highest BCUT2D eigenvalue weighted by Gasteiger charge is 2.28. The molecule has 0 aromatic heterocycles. The maximum atomic E-state index is 11.9. The lowest BCUT2D eigenvalue weighted by molar-refractivity contribution is 0.0388. The number of hydrogen-bond acceptors (Lipinski definition) is 5. The number of rotatable bonds is 7. The number of nitrogens with one attached hydrogen (secondary N) is 1. The van der Waals surface area contributed by atoms with Crippen molar-refractivity contribution in [2.24, 2.45) is 5.92 Å². The summed E-state index contributed by atoms with van der Waals surface area (Å²) in [5, 5.41) is 7.35. The van der Waals surface area contributed by atoms with Crippen molar-refractivity contribution < 1.29 is 14.3 Å². The van der Waals surface area contributed by atoms with Gasteiger partial charge in [-0.05, 0) is 31.2 Å². The summed E-state index contributed by atoms with van der Waals surface area (Å²) in [6, 6.07) is 7.27. The molecular weight excluding hydrogens is 294 g/mol. The molecule has 0 aliphatic carbocycles. The summed E-state index contributed by atoms with van der Waals surface area (Å²) in [6.07, 6.45) is -0.410. The molecule has 6 heteroatoms. The van der Waals surface area contributed by atoms with Gasteiger partial charge in [0.15, 0.2) is 0 Å². The molecule has 128 valence electrons. The molecule has 0 atom stereocenters. The van der Waals surface area contributed by atoms with Crippen LogP contribution in [0, 0.1) is 5.92 Å². The average molecular weight is 321 g/mol. The first kappa shape index (κ1) is 17.6. The van der Waals surface area contributed by atoms with Crippen molar-refractivity contribution in [3.05, 3.63) is 24.3 Å². The molecule has 23 heavy (non-hydrogen) atoms. The summed E-state index contributed by atoms with van der Waals surface area (Å²) in [5.74, 6) is 1.15. The molecule has 1 aliphatic rings. The number of hydrogen-bond donors (Lipinski definition) is 1. The van der Waals surface area contributed by atoms with Crippen LogP contribution in [0.25, 0.3) is 0 Å². The molecule has 6 nitrogen and oxygen atoms in total. The van der Waals surface area contributed by atoms with Gasteiger partial charge >= 0.3 is 6.09 Å². The molecule has 1 N–H and O–H groups in total. The molecule has 1 fully saturated rings. The van der Waals surface area contributed by atoms with Crippen LogP contribution < -0.4 is 10.1 Å². The van der Waals surface area contributed by atoms with Gasteiger partial charge in [-0.3, -0.25) is 5.32 Å². The van der Waals surface area contributed by atoms with E-state index in [1.165, 1.54) is 0 Å². The van der Waals surface area contributed by atoms with Crippen LogP contribution in [0.5, 0.6) is 5.75 Å². The molecule has 1 heterocycles. The number of carbonyl (C=O) groups excluding carboxylic acids is 1. The summed E-state index contributed by atoms with van der Waals surface area (Å²) < 4.78 is 10.7. The largest absolute Gasteiger partial charge is 0.494 e. The molecular formula is C17H27N3O3. The van der Waals surface area contributed by atoms with Crippen LogP contribution in [0.2, 0.25) is 0 Å². The third-order valence-corrected chi connectivity index (χ3v) is 3.93. The minimum Gasteiger partial charge on any atom is -0.494 e. The fraction of sp³-hybridized carbons (Fsp3) is 0.588. The average Bonchev–Trinajstić information content (AvgIpc) is 2.97. The van der Waals surface area contributed by atoms with E-state index in [1.807, 2.05) is 19.1 Å². The zero-order chi connectivity index (χ0) is 16.7. The van der Waals surface area contributed by atoms with Gasteiger partial charge in [-0.2, -0.15) is 0 Å². The number of anilines is 1. The Morgan fingerprint density at radius 2 is 1.74 bits per heavy atom. The van der Waals surface area contributed by atoms with Gasteiger partial charge in [0.25, 0.3) is 0 Å². The highest BCUT2D eigenvalue weighted by molar-refractivity contribution is 5.84. The van der Waals surface area contributed by atoms with Gasteiger partial charge in [0, 0.05) is 37.8 Å². The van der Waals surface area contributed by atoms with Crippen molar-refractivity contribution in [1.82, 2.24) is 10.0 Å². The van der Waals surface area contributed by atoms with Gasteiger partial charge in [-0.1, -0.05) is 13.8 Å². The maximum absolute atomic E-state index is 11.9. The Morgan fingerprint density at radius 1 is 1.13 bits per heavy atom. The zero-order valence-electron chi connectivity index (χ0n) is 14.2. The summed E-state index contributed by atoms with van der Waals surface area (Å²) in [5.41, 5.74) is 0.704. The molecule has 1 aromatic carbocycles. The standard InChI is InChI=1S/C17H27N3O3/c1-4-19-11-14(12-20(19)5-2)13-23-17(21)18-15-7-9-16(10-8-15)22-6-3/h7-10,14H,4-6,11-13H2,1-3H3,(H,18,21). The first-order valence-electron chi connectivity index (χ1n) is 8.32. The highest BCUT2D eigenvalue weighted by atomic mass is 16.5. The molecule has 0 bridgehead atoms. The van der Waals surface area contributed by atoms with Crippen LogP contribution in [-0.2, 0) is 4.74 Å². The van der Waals surface area contributed by atoms with E-state index in [1.54, 1.807) is 12.1 Å². The van der Waals surface area contributed by atoms with Gasteiger partial charge in [0.05, 0.1) is 13.2 Å². The molecule has 1 aromatic rings. The van der Waals surface area contributed by atoms with E-state index >= 15 is 0 Å². The fourth-order valence-corrected chi connectivity index (χ4v) is 2.80. The van der Waals surface area contributed by atoms with E-state index in [0.717, 1.165) is 31.9 Å². The second-order valence-electron chi connectivity index (χ2n) is 5.56. The van der Waals surface area contributed by atoms with Crippen molar-refractivity contribution in [1.29, 1.82) is 0 Å². The smallest absolute Gasteiger partial charge is 0.411 e. The topological polar surface area (TPSA) is 54.0 Å². The molecule has 1 aliphatic heterocycles. The summed E-state index contributed by atoms with van der Waals surface area (Å²) >= 11 is 0. The van der Waals surface area contributed by atoms with Crippen molar-refractivity contribution in [2.45, 2.75) is 20.8 Å². The predicted molar refractivity (Wildman–Crippen MR) is 90.6 cm³/mol. The SMILES string of the molecule is CCOc1ccc(NC(=O)OCC2CN(CC)N(CC)C2)cc1. The van der Waals surface area contributed by atoms with Crippen LogP contribution >= 0.6 is 0 Å². The van der Waals surface area contributed by atoms with E-state index in [-0.39, 0.29) is 0 Å². The fourth-order valence-electron chi connectivity index (χ4n) is 2.80. The van der Waals surface area contributed by atoms with Crippen molar-refractivity contribution in [2.75, 3.05) is 44.7 Å². The maximum Gasteiger partial charge on any atom is 0.411 e. The summed E-state index contributed by atoms with van der Waals surface area (Å²) in [7, 11) is 0. The molecule has 2 rings (SSSR count). The monoisotopic (exact) mass is 321 g/mol. The lowest BCUT2D eigenvalue weighted by Crippen LogP contribution is -2.35. The second-order valence-corrected chi connectivity index (χ2v) is 5.56. The molecule has 1 amide bonds. The van der Waals surface area contributed by atoms with Crippen LogP contribution in [0.15, 0.2) is 24.3 Å². The van der Waals surface area contributed by atoms with E-state index in [2.05, 4.69) is 29.2 Å². The molecule has 0 radical (unpaired) electrons. The van der Waals surface area contributed by atoms with Gasteiger partial charge in [-0.25, -0.2) is 14.8 Å². The van der Waals surface area contributed by atoms with Crippen molar-refractivity contribution in [3.63, 3.8) is 0 Å². The van der Waals surface area contributed by atoms with Gasteiger partial charge < -0.3 is 9.47 Å². The first-order chi connectivity index (χ1) is 11.2. The summed E-state index contributed by atoms with van der Waals surface area (Å²) in [4.78, 5) is 11.9. The number of carbonyl (C=O) groups is 1. The quantitative estimate of drug-likeness (QED) is 0.837. The third kappa shape index (κ3) is 5.11. The molecule has 0 unspecified atom stereocenters. The Bertz CT molecular complexity index is 480. The van der Waals surface area contributed by atoms with Crippen LogP contribution in [0.4, 0.5) is 10.5 Å². The van der Waals surface area contributed by atoms with Crippen molar-refractivity contribution >= 4 is 11.8 Å². The Morgan fingerprint density at radius 3 is 2.26 bits per heavy atom. The van der Waals surface area contributed by atoms with Gasteiger partial charge in [0.2, 0.25) is 0 Å². The van der Waals surface area contributed by atoms with E-state index in [0.29, 0.717) is 24.8 Å². The number of benzene rings is 1. The second kappa shape index (κ2) is 8.74. The number of hydrazine groups is 1. The Balaban J connectivity index is 1.75. The minimum atomic E-state index is -0.410. The number of nitrogens with zero attached hydrogens (tertiary/aromatic N) is 2. The van der Waals surface area contributed by atoms with Gasteiger partial charge in [-0.15, -0.1) is 0 Å². The lowest BCUT2D eigenvalue weighted by Gasteiger charge is -2.24. The van der Waals surface area contributed by atoms with E-state index in [4.69, 9.17) is 9.47 Å². The Hall–Kier alpha value is -1.79. The van der Waals surface area contributed by atoms with Crippen LogP contribution in [0.1, 0.15) is 20.8 Å².